The van der Waals surface area contributed by atoms with Crippen molar-refractivity contribution in [3.05, 3.63) is 23.3 Å². The SMILES string of the molecule is COc1cc2c(cc1OC)[C@H]1C[C@@H](COC(=O)CC3(C(=O)O)CCCCC3)[C@H](CC(C)C)CN1CC2. The molecule has 0 radical (unpaired) electrons. The second-order valence-corrected chi connectivity index (χ2v) is 11.6. The number of esters is 1. The molecular formula is C29H43NO6. The maximum absolute atomic E-state index is 12.9. The molecule has 36 heavy (non-hydrogen) atoms. The van der Waals surface area contributed by atoms with Crippen molar-refractivity contribution in [2.45, 2.75) is 77.7 Å². The fourth-order valence-corrected chi connectivity index (χ4v) is 6.80. The lowest BCUT2D eigenvalue weighted by molar-refractivity contribution is -0.161. The van der Waals surface area contributed by atoms with Crippen LogP contribution in [0.2, 0.25) is 0 Å². The van der Waals surface area contributed by atoms with Gasteiger partial charge in [0.1, 0.15) is 0 Å². The normalized spacial score (nSPS) is 25.5. The average molecular weight is 502 g/mol. The van der Waals surface area contributed by atoms with Gasteiger partial charge in [-0.3, -0.25) is 14.5 Å². The lowest BCUT2D eigenvalue weighted by Gasteiger charge is -2.47. The van der Waals surface area contributed by atoms with Crippen molar-refractivity contribution < 1.29 is 28.9 Å². The molecule has 1 saturated heterocycles. The van der Waals surface area contributed by atoms with Gasteiger partial charge in [-0.15, -0.1) is 0 Å². The van der Waals surface area contributed by atoms with Crippen LogP contribution in [0, 0.1) is 23.2 Å². The summed E-state index contributed by atoms with van der Waals surface area (Å²) in [6.07, 6.45) is 6.87. The number of methoxy groups -OCH3 is 2. The van der Waals surface area contributed by atoms with Gasteiger partial charge in [0, 0.05) is 19.1 Å². The van der Waals surface area contributed by atoms with Crippen molar-refractivity contribution in [1.82, 2.24) is 4.90 Å². The first-order valence-electron chi connectivity index (χ1n) is 13.6. The van der Waals surface area contributed by atoms with E-state index in [-0.39, 0.29) is 24.3 Å². The molecule has 1 N–H and O–H groups in total. The quantitative estimate of drug-likeness (QED) is 0.462. The fourth-order valence-electron chi connectivity index (χ4n) is 6.80. The third-order valence-electron chi connectivity index (χ3n) is 8.75. The molecule has 2 heterocycles. The number of nitrogens with zero attached hydrogens (tertiary/aromatic N) is 1. The summed E-state index contributed by atoms with van der Waals surface area (Å²) in [5.41, 5.74) is 1.63. The van der Waals surface area contributed by atoms with Crippen LogP contribution in [0.5, 0.6) is 11.5 Å². The largest absolute Gasteiger partial charge is 0.493 e. The van der Waals surface area contributed by atoms with E-state index in [1.807, 2.05) is 0 Å². The van der Waals surface area contributed by atoms with Crippen LogP contribution in [0.4, 0.5) is 0 Å². The Kier molecular flexibility index (Phi) is 8.48. The van der Waals surface area contributed by atoms with E-state index < -0.39 is 11.4 Å². The number of ether oxygens (including phenoxy) is 3. The maximum atomic E-state index is 12.9. The highest BCUT2D eigenvalue weighted by molar-refractivity contribution is 5.82. The first-order chi connectivity index (χ1) is 17.3. The lowest BCUT2D eigenvalue weighted by Crippen LogP contribution is -2.47. The Labute approximate surface area is 215 Å². The van der Waals surface area contributed by atoms with E-state index in [4.69, 9.17) is 14.2 Å². The van der Waals surface area contributed by atoms with E-state index in [1.165, 1.54) is 11.1 Å². The van der Waals surface area contributed by atoms with Gasteiger partial charge in [0.2, 0.25) is 0 Å². The summed E-state index contributed by atoms with van der Waals surface area (Å²) in [6.45, 7) is 6.85. The van der Waals surface area contributed by atoms with Crippen molar-refractivity contribution in [3.63, 3.8) is 0 Å². The first kappa shape index (κ1) is 26.8. The Morgan fingerprint density at radius 2 is 1.78 bits per heavy atom. The minimum atomic E-state index is -0.950. The zero-order chi connectivity index (χ0) is 25.9. The van der Waals surface area contributed by atoms with Gasteiger partial charge in [0.25, 0.3) is 0 Å². The number of aliphatic carboxylic acids is 1. The van der Waals surface area contributed by atoms with Gasteiger partial charge in [0.05, 0.1) is 32.7 Å². The highest BCUT2D eigenvalue weighted by Crippen LogP contribution is 2.46. The average Bonchev–Trinajstić information content (AvgIpc) is 2.86. The number of piperidine rings is 1. The number of hydrogen-bond donors (Lipinski definition) is 1. The summed E-state index contributed by atoms with van der Waals surface area (Å²) >= 11 is 0. The van der Waals surface area contributed by atoms with Crippen LogP contribution >= 0.6 is 0 Å². The summed E-state index contributed by atoms with van der Waals surface area (Å²) in [7, 11) is 3.34. The summed E-state index contributed by atoms with van der Waals surface area (Å²) in [6, 6.07) is 4.48. The maximum Gasteiger partial charge on any atom is 0.310 e. The van der Waals surface area contributed by atoms with Gasteiger partial charge in [0.15, 0.2) is 11.5 Å². The summed E-state index contributed by atoms with van der Waals surface area (Å²) in [5, 5.41) is 9.87. The van der Waals surface area contributed by atoms with Gasteiger partial charge in [-0.05, 0) is 73.1 Å². The molecule has 0 spiro atoms. The third-order valence-corrected chi connectivity index (χ3v) is 8.75. The minimum absolute atomic E-state index is 0.0146. The van der Waals surface area contributed by atoms with Crippen LogP contribution in [0.3, 0.4) is 0 Å². The number of carbonyl (C=O) groups excluding carboxylic acids is 1. The van der Waals surface area contributed by atoms with Crippen LogP contribution in [0.1, 0.15) is 82.4 Å². The first-order valence-corrected chi connectivity index (χ1v) is 13.6. The Bertz CT molecular complexity index is 938. The summed E-state index contributed by atoms with van der Waals surface area (Å²) in [5.74, 6) is 1.54. The molecule has 3 aliphatic rings. The van der Waals surface area contributed by atoms with Crippen LogP contribution in [-0.2, 0) is 20.7 Å². The Hall–Kier alpha value is -2.28. The number of carboxylic acids is 1. The van der Waals surface area contributed by atoms with Crippen LogP contribution in [-0.4, -0.2) is 55.9 Å². The molecule has 0 aromatic heterocycles. The lowest BCUT2D eigenvalue weighted by atomic mass is 9.72. The molecule has 0 unspecified atom stereocenters. The Balaban J connectivity index is 1.49. The van der Waals surface area contributed by atoms with Crippen molar-refractivity contribution in [2.24, 2.45) is 23.2 Å². The highest BCUT2D eigenvalue weighted by Gasteiger charge is 2.43. The van der Waals surface area contributed by atoms with Crippen molar-refractivity contribution >= 4 is 11.9 Å². The van der Waals surface area contributed by atoms with Gasteiger partial charge in [-0.1, -0.05) is 33.1 Å². The van der Waals surface area contributed by atoms with E-state index in [1.54, 1.807) is 14.2 Å². The zero-order valence-corrected chi connectivity index (χ0v) is 22.4. The Morgan fingerprint density at radius 1 is 1.08 bits per heavy atom. The molecule has 4 rings (SSSR count). The predicted molar refractivity (Wildman–Crippen MR) is 137 cm³/mol. The van der Waals surface area contributed by atoms with E-state index in [2.05, 4.69) is 30.9 Å². The third kappa shape index (κ3) is 5.66. The van der Waals surface area contributed by atoms with Crippen molar-refractivity contribution in [3.8, 4) is 11.5 Å². The number of benzene rings is 1. The molecule has 1 aliphatic carbocycles. The molecule has 3 atom stereocenters. The van der Waals surface area contributed by atoms with E-state index in [9.17, 15) is 14.7 Å². The highest BCUT2D eigenvalue weighted by atomic mass is 16.5. The van der Waals surface area contributed by atoms with Crippen molar-refractivity contribution in [1.29, 1.82) is 0 Å². The monoisotopic (exact) mass is 501 g/mol. The summed E-state index contributed by atoms with van der Waals surface area (Å²) in [4.78, 5) is 27.5. The smallest absolute Gasteiger partial charge is 0.310 e. The van der Waals surface area contributed by atoms with Crippen LogP contribution in [0.15, 0.2) is 12.1 Å². The number of carboxylic acid groups (broad SMARTS) is 1. The minimum Gasteiger partial charge on any atom is -0.493 e. The standard InChI is InChI=1S/C29H43NO6/c1-19(2)12-21-17-30-11-8-20-14-25(34-3)26(35-4)15-23(20)24(30)13-22(21)18-36-27(31)16-29(28(32)33)9-6-5-7-10-29/h14-15,19,21-22,24H,5-13,16-18H2,1-4H3,(H,32,33)/t21-,22+,24-/m1/s1. The van der Waals surface area contributed by atoms with Gasteiger partial charge < -0.3 is 19.3 Å². The molecule has 0 amide bonds. The molecule has 7 nitrogen and oxygen atoms in total. The van der Waals surface area contributed by atoms with Crippen LogP contribution < -0.4 is 9.47 Å². The number of rotatable bonds is 9. The molecule has 2 aliphatic heterocycles. The zero-order valence-electron chi connectivity index (χ0n) is 22.4. The molecule has 0 bridgehead atoms. The molecule has 1 aromatic carbocycles. The van der Waals surface area contributed by atoms with E-state index >= 15 is 0 Å². The van der Waals surface area contributed by atoms with Gasteiger partial charge >= 0.3 is 11.9 Å². The molecule has 200 valence electrons. The molecule has 1 aromatic rings. The number of carbonyl (C=O) groups is 2. The second-order valence-electron chi connectivity index (χ2n) is 11.6. The predicted octanol–water partition coefficient (Wildman–Crippen LogP) is 5.25. The molecular weight excluding hydrogens is 458 g/mol. The molecule has 2 fully saturated rings. The topological polar surface area (TPSA) is 85.3 Å². The molecule has 7 heteroatoms. The second kappa shape index (κ2) is 11.4. The fraction of sp³-hybridized carbons (Fsp3) is 0.724. The molecule has 1 saturated carbocycles. The van der Waals surface area contributed by atoms with Gasteiger partial charge in [-0.25, -0.2) is 0 Å². The van der Waals surface area contributed by atoms with Crippen LogP contribution in [0.25, 0.3) is 0 Å². The van der Waals surface area contributed by atoms with E-state index in [0.29, 0.717) is 31.3 Å². The Morgan fingerprint density at radius 3 is 2.42 bits per heavy atom. The van der Waals surface area contributed by atoms with Gasteiger partial charge in [-0.2, -0.15) is 0 Å². The van der Waals surface area contributed by atoms with E-state index in [0.717, 1.165) is 63.1 Å². The van der Waals surface area contributed by atoms with Crippen molar-refractivity contribution in [2.75, 3.05) is 33.9 Å². The number of hydrogen-bond acceptors (Lipinski definition) is 6. The number of fused-ring (bicyclic) bond motifs is 3. The summed E-state index contributed by atoms with van der Waals surface area (Å²) < 4.78 is 17.0.